The number of nitrogens with two attached hydrogens (primary N) is 1. The summed E-state index contributed by atoms with van der Waals surface area (Å²) in [5.41, 5.74) is 8.33. The monoisotopic (exact) mass is 217 g/mol. The first kappa shape index (κ1) is 11.2. The zero-order valence-corrected chi connectivity index (χ0v) is 9.83. The Morgan fingerprint density at radius 3 is 2.88 bits per heavy atom. The Balaban J connectivity index is 2.13. The van der Waals surface area contributed by atoms with E-state index >= 15 is 0 Å². The van der Waals surface area contributed by atoms with Gasteiger partial charge in [-0.3, -0.25) is 0 Å². The summed E-state index contributed by atoms with van der Waals surface area (Å²) in [7, 11) is 0. The average molecular weight is 217 g/mol. The number of hydrogen-bond acceptors (Lipinski definition) is 2. The van der Waals surface area contributed by atoms with Crippen molar-refractivity contribution in [3.05, 3.63) is 42.0 Å². The van der Waals surface area contributed by atoms with E-state index in [-0.39, 0.29) is 5.54 Å². The molecule has 0 bridgehead atoms. The predicted octanol–water partition coefficient (Wildman–Crippen LogP) is 2.59. The first-order chi connectivity index (χ1) is 7.64. The van der Waals surface area contributed by atoms with Crippen LogP contribution in [0.4, 0.5) is 0 Å². The molecule has 1 aliphatic rings. The quantitative estimate of drug-likeness (QED) is 0.769. The maximum atomic E-state index is 6.02. The third kappa shape index (κ3) is 2.45. The minimum atomic E-state index is -0.0618. The van der Waals surface area contributed by atoms with Gasteiger partial charge >= 0.3 is 0 Å². The Bertz CT molecular complexity index is 394. The second-order valence-electron chi connectivity index (χ2n) is 4.71. The molecule has 0 aliphatic heterocycles. The lowest BCUT2D eigenvalue weighted by Gasteiger charge is -2.16. The van der Waals surface area contributed by atoms with E-state index in [0.717, 1.165) is 25.0 Å². The molecule has 0 radical (unpaired) electrons. The van der Waals surface area contributed by atoms with E-state index in [9.17, 15) is 0 Å². The van der Waals surface area contributed by atoms with Crippen LogP contribution in [0.25, 0.3) is 0 Å². The molecular formula is C14H19NO. The molecule has 1 aromatic rings. The lowest BCUT2D eigenvalue weighted by molar-refractivity contribution is 0.275. The predicted molar refractivity (Wildman–Crippen MR) is 66.7 cm³/mol. The smallest absolute Gasteiger partial charge is 0.125 e. The molecule has 1 aromatic carbocycles. The molecule has 0 spiro atoms. The van der Waals surface area contributed by atoms with Gasteiger partial charge < -0.3 is 10.5 Å². The molecule has 2 nitrogen and oxygen atoms in total. The molecule has 16 heavy (non-hydrogen) atoms. The Hall–Kier alpha value is -1.28. The van der Waals surface area contributed by atoms with Gasteiger partial charge in [0.15, 0.2) is 0 Å². The highest BCUT2D eigenvalue weighted by atomic mass is 16.5. The Labute approximate surface area is 97.1 Å². The van der Waals surface area contributed by atoms with Crippen molar-refractivity contribution in [2.75, 3.05) is 6.61 Å². The highest BCUT2D eigenvalue weighted by Crippen LogP contribution is 2.34. The Kier molecular flexibility index (Phi) is 3.01. The minimum Gasteiger partial charge on any atom is -0.491 e. The molecule has 0 amide bonds. The van der Waals surface area contributed by atoms with Gasteiger partial charge in [0.1, 0.15) is 12.4 Å². The summed E-state index contributed by atoms with van der Waals surface area (Å²) in [5, 5.41) is 0. The van der Waals surface area contributed by atoms with Crippen LogP contribution in [0.1, 0.15) is 24.0 Å². The fourth-order valence-electron chi connectivity index (χ4n) is 1.76. The third-order valence-electron chi connectivity index (χ3n) is 3.05. The van der Waals surface area contributed by atoms with Crippen molar-refractivity contribution in [3.63, 3.8) is 0 Å². The number of rotatable bonds is 5. The highest BCUT2D eigenvalue weighted by molar-refractivity contribution is 5.41. The number of allylic oxidation sites excluding steroid dienone is 1. The molecule has 2 heteroatoms. The fraction of sp³-hybridized carbons (Fsp3) is 0.429. The normalized spacial score (nSPS) is 16.9. The summed E-state index contributed by atoms with van der Waals surface area (Å²) >= 11 is 0. The molecule has 0 heterocycles. The van der Waals surface area contributed by atoms with E-state index in [1.807, 2.05) is 6.08 Å². The molecule has 2 rings (SSSR count). The van der Waals surface area contributed by atoms with Crippen LogP contribution in [-0.2, 0) is 6.42 Å². The molecule has 1 saturated carbocycles. The summed E-state index contributed by atoms with van der Waals surface area (Å²) < 4.78 is 5.87. The van der Waals surface area contributed by atoms with Gasteiger partial charge in [0.25, 0.3) is 0 Å². The fourth-order valence-corrected chi connectivity index (χ4v) is 1.76. The molecule has 2 N–H and O–H groups in total. The van der Waals surface area contributed by atoms with Crippen LogP contribution in [0.5, 0.6) is 5.75 Å². The first-order valence-corrected chi connectivity index (χ1v) is 5.76. The molecule has 1 aliphatic carbocycles. The second-order valence-corrected chi connectivity index (χ2v) is 4.71. The van der Waals surface area contributed by atoms with Crippen LogP contribution < -0.4 is 10.5 Å². The van der Waals surface area contributed by atoms with Crippen LogP contribution in [-0.4, -0.2) is 12.1 Å². The zero-order chi connectivity index (χ0) is 11.6. The minimum absolute atomic E-state index is 0.0618. The second kappa shape index (κ2) is 4.30. The van der Waals surface area contributed by atoms with Crippen LogP contribution in [0.15, 0.2) is 30.9 Å². The van der Waals surface area contributed by atoms with Gasteiger partial charge in [-0.1, -0.05) is 24.3 Å². The van der Waals surface area contributed by atoms with Gasteiger partial charge in [-0.15, -0.1) is 6.58 Å². The lowest BCUT2D eigenvalue weighted by Crippen LogP contribution is -2.30. The van der Waals surface area contributed by atoms with E-state index in [1.165, 1.54) is 11.1 Å². The Morgan fingerprint density at radius 1 is 1.50 bits per heavy atom. The van der Waals surface area contributed by atoms with E-state index in [2.05, 4.69) is 31.7 Å². The average Bonchev–Trinajstić information content (AvgIpc) is 2.97. The molecule has 86 valence electrons. The summed E-state index contributed by atoms with van der Waals surface area (Å²) in [6.07, 6.45) is 4.90. The lowest BCUT2D eigenvalue weighted by atomic mass is 10.1. The number of para-hydroxylation sites is 1. The molecular weight excluding hydrogens is 198 g/mol. The van der Waals surface area contributed by atoms with Gasteiger partial charge in [-0.2, -0.15) is 0 Å². The maximum Gasteiger partial charge on any atom is 0.125 e. The van der Waals surface area contributed by atoms with Gasteiger partial charge in [0.2, 0.25) is 0 Å². The number of aryl methyl sites for hydroxylation is 1. The largest absolute Gasteiger partial charge is 0.491 e. The van der Waals surface area contributed by atoms with Crippen LogP contribution >= 0.6 is 0 Å². The van der Waals surface area contributed by atoms with Crippen molar-refractivity contribution in [3.8, 4) is 5.75 Å². The van der Waals surface area contributed by atoms with E-state index < -0.39 is 0 Å². The van der Waals surface area contributed by atoms with Gasteiger partial charge in [-0.05, 0) is 37.3 Å². The summed E-state index contributed by atoms with van der Waals surface area (Å²) in [5.74, 6) is 0.985. The van der Waals surface area contributed by atoms with Gasteiger partial charge in [0.05, 0.1) is 5.54 Å². The van der Waals surface area contributed by atoms with E-state index in [0.29, 0.717) is 6.61 Å². The van der Waals surface area contributed by atoms with Gasteiger partial charge in [-0.25, -0.2) is 0 Å². The topological polar surface area (TPSA) is 35.2 Å². The van der Waals surface area contributed by atoms with Crippen molar-refractivity contribution in [2.24, 2.45) is 5.73 Å². The molecule has 0 aromatic heterocycles. The summed E-state index contributed by atoms with van der Waals surface area (Å²) in [6.45, 7) is 6.46. The van der Waals surface area contributed by atoms with Crippen LogP contribution in [0, 0.1) is 6.92 Å². The van der Waals surface area contributed by atoms with Crippen molar-refractivity contribution in [2.45, 2.75) is 31.7 Å². The van der Waals surface area contributed by atoms with Crippen molar-refractivity contribution in [1.82, 2.24) is 0 Å². The highest BCUT2D eigenvalue weighted by Gasteiger charge is 2.39. The molecule has 0 atom stereocenters. The molecule has 0 saturated heterocycles. The molecule has 1 fully saturated rings. The zero-order valence-electron chi connectivity index (χ0n) is 9.83. The summed E-state index contributed by atoms with van der Waals surface area (Å²) in [4.78, 5) is 0. The van der Waals surface area contributed by atoms with Gasteiger partial charge in [0, 0.05) is 0 Å². The van der Waals surface area contributed by atoms with Crippen molar-refractivity contribution in [1.29, 1.82) is 0 Å². The van der Waals surface area contributed by atoms with E-state index in [1.54, 1.807) is 0 Å². The van der Waals surface area contributed by atoms with Crippen LogP contribution in [0.3, 0.4) is 0 Å². The standard InChI is InChI=1S/C14H19NO/c1-3-5-12-7-4-6-11(2)13(12)16-10-14(15)8-9-14/h3-4,6-7H,1,5,8-10,15H2,2H3. The summed E-state index contributed by atoms with van der Waals surface area (Å²) in [6, 6.07) is 6.20. The number of benzene rings is 1. The van der Waals surface area contributed by atoms with Crippen molar-refractivity contribution >= 4 is 0 Å². The number of hydrogen-bond donors (Lipinski definition) is 1. The molecule has 0 unspecified atom stereocenters. The Morgan fingerprint density at radius 2 is 2.25 bits per heavy atom. The SMILES string of the molecule is C=CCc1cccc(C)c1OCC1(N)CC1. The maximum absolute atomic E-state index is 6.02. The van der Waals surface area contributed by atoms with Crippen LogP contribution in [0.2, 0.25) is 0 Å². The van der Waals surface area contributed by atoms with E-state index in [4.69, 9.17) is 10.5 Å². The number of ether oxygens (including phenoxy) is 1. The third-order valence-corrected chi connectivity index (χ3v) is 3.05. The first-order valence-electron chi connectivity index (χ1n) is 5.76. The van der Waals surface area contributed by atoms with Crippen molar-refractivity contribution < 1.29 is 4.74 Å².